The maximum atomic E-state index is 13.0. The zero-order valence-corrected chi connectivity index (χ0v) is 16.2. The predicted molar refractivity (Wildman–Crippen MR) is 103 cm³/mol. The minimum atomic E-state index is -2.92. The van der Waals surface area contributed by atoms with Gasteiger partial charge in [0.05, 0.1) is 12.6 Å². The van der Waals surface area contributed by atoms with Crippen molar-refractivity contribution in [3.63, 3.8) is 0 Å². The number of anilines is 2. The Bertz CT molecular complexity index is 854. The van der Waals surface area contributed by atoms with Gasteiger partial charge in [-0.25, -0.2) is 8.78 Å². The summed E-state index contributed by atoms with van der Waals surface area (Å²) in [5.74, 6) is -0.389. The normalized spacial score (nSPS) is 21.7. The van der Waals surface area contributed by atoms with E-state index in [1.54, 1.807) is 10.9 Å². The maximum Gasteiger partial charge on any atom is 0.270 e. The molecule has 1 fully saturated rings. The van der Waals surface area contributed by atoms with Crippen molar-refractivity contribution >= 4 is 17.4 Å². The third-order valence-electron chi connectivity index (χ3n) is 5.19. The van der Waals surface area contributed by atoms with Crippen LogP contribution in [0.5, 0.6) is 0 Å². The van der Waals surface area contributed by atoms with Crippen molar-refractivity contribution in [3.05, 3.63) is 41.6 Å². The number of carbonyl (C=O) groups excluding carboxylic acids is 1. The lowest BCUT2D eigenvalue weighted by Gasteiger charge is -2.31. The Labute approximate surface area is 167 Å². The molecule has 2 heterocycles. The molecule has 29 heavy (non-hydrogen) atoms. The molecular weight excluding hydrogens is 384 g/mol. The SMILES string of the molecule is CN[C@H]1CCOC[C@@H]1n1cc(C(N)=O)c(Nc2ccc([C@@](C)(O)C(F)F)cc2)n1. The van der Waals surface area contributed by atoms with E-state index in [4.69, 9.17) is 10.5 Å². The molecular formula is C19H25F2N5O3. The Morgan fingerprint density at radius 1 is 1.41 bits per heavy atom. The Hall–Kier alpha value is -2.56. The Kier molecular flexibility index (Phi) is 6.15. The second-order valence-electron chi connectivity index (χ2n) is 7.21. The first-order chi connectivity index (χ1) is 13.7. The standard InChI is InChI=1S/C19H25F2N5O3/c1-19(28,18(20)21)11-3-5-12(6-4-11)24-17-13(16(22)27)9-26(25-17)15-10-29-8-7-14(15)23-2/h3-6,9,14-15,18,23,28H,7-8,10H2,1-2H3,(H2,22,27)(H,24,25)/t14-,15-,19+/m0/s1. The average molecular weight is 409 g/mol. The first-order valence-corrected chi connectivity index (χ1v) is 9.26. The number of carbonyl (C=O) groups is 1. The van der Waals surface area contributed by atoms with Crippen molar-refractivity contribution < 1.29 is 23.4 Å². The summed E-state index contributed by atoms with van der Waals surface area (Å²) in [6.07, 6.45) is -0.540. The summed E-state index contributed by atoms with van der Waals surface area (Å²) in [6.45, 7) is 2.14. The van der Waals surface area contributed by atoms with E-state index in [0.717, 1.165) is 13.3 Å². The van der Waals surface area contributed by atoms with Crippen LogP contribution in [-0.4, -0.2) is 53.5 Å². The monoisotopic (exact) mass is 409 g/mol. The summed E-state index contributed by atoms with van der Waals surface area (Å²) < 4.78 is 33.2. The number of hydrogen-bond donors (Lipinski definition) is 4. The lowest BCUT2D eigenvalue weighted by molar-refractivity contribution is -0.0883. The van der Waals surface area contributed by atoms with Gasteiger partial charge in [0.2, 0.25) is 0 Å². The number of rotatable bonds is 7. The van der Waals surface area contributed by atoms with E-state index in [1.165, 1.54) is 24.3 Å². The fourth-order valence-electron chi connectivity index (χ4n) is 3.31. The number of nitrogens with one attached hydrogen (secondary N) is 2. The highest BCUT2D eigenvalue weighted by molar-refractivity contribution is 5.98. The number of likely N-dealkylation sites (N-methyl/N-ethyl adjacent to an activating group) is 1. The molecule has 158 valence electrons. The van der Waals surface area contributed by atoms with Crippen LogP contribution in [0.1, 0.15) is 35.3 Å². The summed E-state index contributed by atoms with van der Waals surface area (Å²) >= 11 is 0. The van der Waals surface area contributed by atoms with E-state index in [-0.39, 0.29) is 29.0 Å². The van der Waals surface area contributed by atoms with Crippen LogP contribution >= 0.6 is 0 Å². The molecule has 5 N–H and O–H groups in total. The summed E-state index contributed by atoms with van der Waals surface area (Å²) in [5.41, 5.74) is 4.04. The van der Waals surface area contributed by atoms with Gasteiger partial charge in [-0.05, 0) is 38.1 Å². The van der Waals surface area contributed by atoms with E-state index in [9.17, 15) is 18.7 Å². The number of primary amides is 1. The first-order valence-electron chi connectivity index (χ1n) is 9.26. The van der Waals surface area contributed by atoms with Gasteiger partial charge in [0.15, 0.2) is 5.82 Å². The van der Waals surface area contributed by atoms with Gasteiger partial charge in [-0.3, -0.25) is 9.48 Å². The van der Waals surface area contributed by atoms with Crippen LogP contribution in [0.4, 0.5) is 20.3 Å². The van der Waals surface area contributed by atoms with E-state index in [0.29, 0.717) is 18.9 Å². The molecule has 1 aromatic heterocycles. The zero-order valence-electron chi connectivity index (χ0n) is 16.2. The molecule has 0 aliphatic carbocycles. The van der Waals surface area contributed by atoms with Crippen molar-refractivity contribution in [1.82, 2.24) is 15.1 Å². The van der Waals surface area contributed by atoms with E-state index in [2.05, 4.69) is 15.7 Å². The van der Waals surface area contributed by atoms with Crippen molar-refractivity contribution in [2.45, 2.75) is 37.5 Å². The molecule has 1 amide bonds. The van der Waals surface area contributed by atoms with Gasteiger partial charge < -0.3 is 26.2 Å². The van der Waals surface area contributed by atoms with E-state index in [1.807, 2.05) is 7.05 Å². The second kappa shape index (κ2) is 8.44. The Morgan fingerprint density at radius 3 is 2.69 bits per heavy atom. The number of amides is 1. The summed E-state index contributed by atoms with van der Waals surface area (Å²) in [6, 6.07) is 5.86. The van der Waals surface area contributed by atoms with Crippen LogP contribution in [0.2, 0.25) is 0 Å². The fourth-order valence-corrected chi connectivity index (χ4v) is 3.31. The van der Waals surface area contributed by atoms with Gasteiger partial charge in [0.25, 0.3) is 12.3 Å². The van der Waals surface area contributed by atoms with Crippen LogP contribution in [0.25, 0.3) is 0 Å². The molecule has 3 atom stereocenters. The number of alkyl halides is 2. The molecule has 2 aromatic rings. The minimum absolute atomic E-state index is 0.0786. The lowest BCUT2D eigenvalue weighted by Crippen LogP contribution is -2.42. The van der Waals surface area contributed by atoms with Crippen molar-refractivity contribution in [1.29, 1.82) is 0 Å². The predicted octanol–water partition coefficient (Wildman–Crippen LogP) is 1.75. The summed E-state index contributed by atoms with van der Waals surface area (Å²) in [5, 5.41) is 20.6. The minimum Gasteiger partial charge on any atom is -0.379 e. The van der Waals surface area contributed by atoms with Crippen molar-refractivity contribution in [3.8, 4) is 0 Å². The number of nitrogens with two attached hydrogens (primary N) is 1. The highest BCUT2D eigenvalue weighted by Gasteiger charge is 2.34. The van der Waals surface area contributed by atoms with Crippen LogP contribution < -0.4 is 16.4 Å². The smallest absolute Gasteiger partial charge is 0.270 e. The molecule has 0 saturated carbocycles. The van der Waals surface area contributed by atoms with E-state index >= 15 is 0 Å². The molecule has 0 radical (unpaired) electrons. The molecule has 1 aromatic carbocycles. The average Bonchev–Trinajstić information content (AvgIpc) is 3.12. The number of benzene rings is 1. The highest BCUT2D eigenvalue weighted by atomic mass is 19.3. The van der Waals surface area contributed by atoms with Gasteiger partial charge in [-0.2, -0.15) is 5.10 Å². The van der Waals surface area contributed by atoms with Crippen LogP contribution in [0.3, 0.4) is 0 Å². The third kappa shape index (κ3) is 4.39. The molecule has 10 heteroatoms. The third-order valence-corrected chi connectivity index (χ3v) is 5.19. The number of nitrogens with zero attached hydrogens (tertiary/aromatic N) is 2. The van der Waals surface area contributed by atoms with Gasteiger partial charge in [0, 0.05) is 24.5 Å². The number of aliphatic hydroxyl groups is 1. The van der Waals surface area contributed by atoms with Crippen LogP contribution in [0, 0.1) is 0 Å². The van der Waals surface area contributed by atoms with Gasteiger partial charge in [-0.15, -0.1) is 0 Å². The van der Waals surface area contributed by atoms with Crippen LogP contribution in [0.15, 0.2) is 30.5 Å². The van der Waals surface area contributed by atoms with E-state index < -0.39 is 17.9 Å². The summed E-state index contributed by atoms with van der Waals surface area (Å²) in [4.78, 5) is 11.9. The van der Waals surface area contributed by atoms with Crippen molar-refractivity contribution in [2.75, 3.05) is 25.6 Å². The maximum absolute atomic E-state index is 13.0. The number of hydrogen-bond acceptors (Lipinski definition) is 6. The Balaban J connectivity index is 1.85. The molecule has 0 spiro atoms. The molecule has 8 nitrogen and oxygen atoms in total. The second-order valence-corrected chi connectivity index (χ2v) is 7.21. The largest absolute Gasteiger partial charge is 0.379 e. The number of halogens is 2. The molecule has 0 bridgehead atoms. The number of ether oxygens (including phenoxy) is 1. The lowest BCUT2D eigenvalue weighted by atomic mass is 9.96. The molecule has 1 saturated heterocycles. The summed E-state index contributed by atoms with van der Waals surface area (Å²) in [7, 11) is 1.86. The van der Waals surface area contributed by atoms with Gasteiger partial charge >= 0.3 is 0 Å². The molecule has 1 aliphatic rings. The topological polar surface area (TPSA) is 114 Å². The van der Waals surface area contributed by atoms with Gasteiger partial charge in [0.1, 0.15) is 11.2 Å². The van der Waals surface area contributed by atoms with Crippen LogP contribution in [-0.2, 0) is 10.3 Å². The number of aromatic nitrogens is 2. The highest BCUT2D eigenvalue weighted by Crippen LogP contribution is 2.30. The Morgan fingerprint density at radius 2 is 2.10 bits per heavy atom. The fraction of sp³-hybridized carbons (Fsp3) is 0.474. The first kappa shape index (κ1) is 21.2. The molecule has 0 unspecified atom stereocenters. The van der Waals surface area contributed by atoms with Crippen molar-refractivity contribution in [2.24, 2.45) is 5.73 Å². The van der Waals surface area contributed by atoms with Gasteiger partial charge in [-0.1, -0.05) is 12.1 Å². The quantitative estimate of drug-likeness (QED) is 0.554. The molecule has 1 aliphatic heterocycles. The molecule has 3 rings (SSSR count). The zero-order chi connectivity index (χ0) is 21.2.